The first-order valence-corrected chi connectivity index (χ1v) is 11.9. The first kappa shape index (κ1) is 22.8. The molecular weight excluding hydrogens is 442 g/mol. The van der Waals surface area contributed by atoms with Gasteiger partial charge in [0, 0.05) is 10.8 Å². The van der Waals surface area contributed by atoms with Gasteiger partial charge in [0.25, 0.3) is 0 Å². The fourth-order valence-electron chi connectivity index (χ4n) is 3.59. The molecule has 2 N–H and O–H groups in total. The molecule has 7 nitrogen and oxygen atoms in total. The number of para-hydroxylation sites is 1. The first-order valence-electron chi connectivity index (χ1n) is 10.5. The van der Waals surface area contributed by atoms with Gasteiger partial charge in [0.1, 0.15) is 28.6 Å². The number of aliphatic carboxylic acids is 1. The molecule has 0 bridgehead atoms. The molecule has 0 aliphatic carbocycles. The summed E-state index contributed by atoms with van der Waals surface area (Å²) in [6, 6.07) is 17.4. The molecule has 0 saturated carbocycles. The van der Waals surface area contributed by atoms with E-state index in [1.54, 1.807) is 36.4 Å². The molecule has 0 amide bonds. The van der Waals surface area contributed by atoms with E-state index in [0.717, 1.165) is 5.39 Å². The number of carboxylic acid groups (broad SMARTS) is 1. The molecule has 0 saturated heterocycles. The summed E-state index contributed by atoms with van der Waals surface area (Å²) in [6.07, 6.45) is -0.0127. The quantitative estimate of drug-likeness (QED) is 0.407. The summed E-state index contributed by atoms with van der Waals surface area (Å²) in [4.78, 5) is 11.8. The number of benzene rings is 3. The molecule has 1 heterocycles. The number of sulfonamides is 1. The Morgan fingerprint density at radius 2 is 1.67 bits per heavy atom. The van der Waals surface area contributed by atoms with E-state index in [4.69, 9.17) is 9.15 Å². The van der Waals surface area contributed by atoms with E-state index in [1.807, 2.05) is 39.0 Å². The molecule has 3 aromatic carbocycles. The predicted octanol–water partition coefficient (Wildman–Crippen LogP) is 4.74. The average molecular weight is 468 g/mol. The molecule has 4 rings (SSSR count). The van der Waals surface area contributed by atoms with Crippen molar-refractivity contribution in [2.24, 2.45) is 0 Å². The molecule has 33 heavy (non-hydrogen) atoms. The van der Waals surface area contributed by atoms with Crippen molar-refractivity contribution in [3.8, 4) is 5.75 Å². The van der Waals surface area contributed by atoms with Gasteiger partial charge in [0.05, 0.1) is 4.90 Å². The van der Waals surface area contributed by atoms with Gasteiger partial charge in [-0.15, -0.1) is 0 Å². The molecule has 8 heteroatoms. The number of nitrogens with one attached hydrogen (secondary N) is 1. The van der Waals surface area contributed by atoms with E-state index in [0.29, 0.717) is 27.9 Å². The Kier molecular flexibility index (Phi) is 5.90. The van der Waals surface area contributed by atoms with Crippen molar-refractivity contribution in [3.05, 3.63) is 72.3 Å². The summed E-state index contributed by atoms with van der Waals surface area (Å²) in [7, 11) is -4.09. The summed E-state index contributed by atoms with van der Waals surface area (Å²) < 4.78 is 39.9. The molecule has 4 aromatic rings. The third kappa shape index (κ3) is 5.18. The number of hydrogen-bond acceptors (Lipinski definition) is 5. The Bertz CT molecular complexity index is 1420. The molecule has 0 radical (unpaired) electrons. The first-order chi connectivity index (χ1) is 15.5. The third-order valence-electron chi connectivity index (χ3n) is 5.04. The highest BCUT2D eigenvalue weighted by Gasteiger charge is 2.26. The minimum atomic E-state index is -4.09. The number of ether oxygens (including phenoxy) is 1. The molecular formula is C25H25NO6S. The number of furan rings is 1. The summed E-state index contributed by atoms with van der Waals surface area (Å²) in [5.74, 6) is -0.609. The van der Waals surface area contributed by atoms with Gasteiger partial charge < -0.3 is 14.3 Å². The Hall–Kier alpha value is -3.36. The van der Waals surface area contributed by atoms with Gasteiger partial charge in [-0.3, -0.25) is 4.79 Å². The van der Waals surface area contributed by atoms with Crippen molar-refractivity contribution >= 4 is 37.9 Å². The minimum absolute atomic E-state index is 0.0127. The SMILES string of the molecule is CC(C)(C)Oc1ccc(CC(NS(=O)(=O)c2ccc3oc4ccccc4c3c2)C(=O)O)cc1. The van der Waals surface area contributed by atoms with Crippen molar-refractivity contribution in [1.82, 2.24) is 4.72 Å². The van der Waals surface area contributed by atoms with Gasteiger partial charge in [-0.2, -0.15) is 4.72 Å². The van der Waals surface area contributed by atoms with Crippen LogP contribution in [0.4, 0.5) is 0 Å². The van der Waals surface area contributed by atoms with Crippen molar-refractivity contribution in [1.29, 1.82) is 0 Å². The number of rotatable bonds is 7. The Morgan fingerprint density at radius 3 is 2.33 bits per heavy atom. The summed E-state index contributed by atoms with van der Waals surface area (Å²) in [6.45, 7) is 5.79. The Balaban J connectivity index is 1.57. The maximum atomic E-state index is 13.0. The van der Waals surface area contributed by atoms with Gasteiger partial charge in [-0.05, 0) is 69.2 Å². The van der Waals surface area contributed by atoms with Crippen molar-refractivity contribution in [3.63, 3.8) is 0 Å². The average Bonchev–Trinajstić information content (AvgIpc) is 3.11. The van der Waals surface area contributed by atoms with E-state index in [1.165, 1.54) is 12.1 Å². The number of carbonyl (C=O) groups is 1. The van der Waals surface area contributed by atoms with Crippen molar-refractivity contribution < 1.29 is 27.5 Å². The lowest BCUT2D eigenvalue weighted by Gasteiger charge is -2.21. The van der Waals surface area contributed by atoms with Crippen LogP contribution in [-0.4, -0.2) is 31.1 Å². The van der Waals surface area contributed by atoms with Gasteiger partial charge in [-0.25, -0.2) is 8.42 Å². The Morgan fingerprint density at radius 1 is 1.00 bits per heavy atom. The molecule has 0 aliphatic rings. The van der Waals surface area contributed by atoms with E-state index < -0.39 is 22.0 Å². The van der Waals surface area contributed by atoms with Gasteiger partial charge >= 0.3 is 5.97 Å². The second-order valence-corrected chi connectivity index (χ2v) is 10.5. The molecule has 1 aromatic heterocycles. The third-order valence-corrected chi connectivity index (χ3v) is 6.51. The van der Waals surface area contributed by atoms with Crippen LogP contribution in [0.2, 0.25) is 0 Å². The van der Waals surface area contributed by atoms with Crippen LogP contribution in [0.5, 0.6) is 5.75 Å². The van der Waals surface area contributed by atoms with Crippen LogP contribution in [0.25, 0.3) is 21.9 Å². The van der Waals surface area contributed by atoms with E-state index in [2.05, 4.69) is 4.72 Å². The molecule has 172 valence electrons. The predicted molar refractivity (Wildman–Crippen MR) is 126 cm³/mol. The number of carboxylic acids is 1. The highest BCUT2D eigenvalue weighted by atomic mass is 32.2. The van der Waals surface area contributed by atoms with Crippen LogP contribution in [0.15, 0.2) is 76.0 Å². The lowest BCUT2D eigenvalue weighted by molar-refractivity contribution is -0.138. The van der Waals surface area contributed by atoms with Gasteiger partial charge in [0.2, 0.25) is 10.0 Å². The molecule has 1 atom stereocenters. The topological polar surface area (TPSA) is 106 Å². The highest BCUT2D eigenvalue weighted by Crippen LogP contribution is 2.30. The molecule has 1 unspecified atom stereocenters. The van der Waals surface area contributed by atoms with E-state index >= 15 is 0 Å². The van der Waals surface area contributed by atoms with E-state index in [-0.39, 0.29) is 16.9 Å². The normalized spacial score (nSPS) is 13.3. The lowest BCUT2D eigenvalue weighted by Crippen LogP contribution is -2.42. The zero-order valence-electron chi connectivity index (χ0n) is 18.5. The van der Waals surface area contributed by atoms with Crippen molar-refractivity contribution in [2.45, 2.75) is 43.7 Å². The lowest BCUT2D eigenvalue weighted by atomic mass is 10.1. The molecule has 0 spiro atoms. The van der Waals surface area contributed by atoms with Crippen LogP contribution >= 0.6 is 0 Å². The van der Waals surface area contributed by atoms with Gasteiger partial charge in [0.15, 0.2) is 0 Å². The highest BCUT2D eigenvalue weighted by molar-refractivity contribution is 7.89. The molecule has 0 aliphatic heterocycles. The zero-order valence-corrected chi connectivity index (χ0v) is 19.3. The summed E-state index contributed by atoms with van der Waals surface area (Å²) in [5.41, 5.74) is 1.52. The second-order valence-electron chi connectivity index (χ2n) is 8.83. The Labute approximate surface area is 192 Å². The summed E-state index contributed by atoms with van der Waals surface area (Å²) in [5, 5.41) is 11.1. The fraction of sp³-hybridized carbons (Fsp3) is 0.240. The standard InChI is InChI=1S/C25H25NO6S/c1-25(2,3)32-17-10-8-16(9-11-17)14-21(24(27)28)26-33(29,30)18-12-13-23-20(15-18)19-6-4-5-7-22(19)31-23/h4-13,15,21,26H,14H2,1-3H3,(H,27,28). The monoisotopic (exact) mass is 467 g/mol. The van der Waals surface area contributed by atoms with Crippen LogP contribution < -0.4 is 9.46 Å². The smallest absolute Gasteiger partial charge is 0.322 e. The van der Waals surface area contributed by atoms with Gasteiger partial charge in [-0.1, -0.05) is 30.3 Å². The second kappa shape index (κ2) is 8.53. The summed E-state index contributed by atoms with van der Waals surface area (Å²) >= 11 is 0. The van der Waals surface area contributed by atoms with Crippen LogP contribution in [0.3, 0.4) is 0 Å². The van der Waals surface area contributed by atoms with Crippen molar-refractivity contribution in [2.75, 3.05) is 0 Å². The molecule has 0 fully saturated rings. The largest absolute Gasteiger partial charge is 0.488 e. The van der Waals surface area contributed by atoms with Crippen LogP contribution in [0.1, 0.15) is 26.3 Å². The fourth-order valence-corrected chi connectivity index (χ4v) is 4.80. The maximum Gasteiger partial charge on any atom is 0.322 e. The number of fused-ring (bicyclic) bond motifs is 3. The van der Waals surface area contributed by atoms with E-state index in [9.17, 15) is 18.3 Å². The zero-order chi connectivity index (χ0) is 23.8. The van der Waals surface area contributed by atoms with Crippen LogP contribution in [-0.2, 0) is 21.2 Å². The number of hydrogen-bond donors (Lipinski definition) is 2. The van der Waals surface area contributed by atoms with Crippen LogP contribution in [0, 0.1) is 0 Å². The minimum Gasteiger partial charge on any atom is -0.488 e. The maximum absolute atomic E-state index is 13.0.